The Balaban J connectivity index is 2.28. The van der Waals surface area contributed by atoms with Crippen molar-refractivity contribution >= 4 is 5.97 Å². The van der Waals surface area contributed by atoms with Crippen molar-refractivity contribution in [2.45, 2.75) is 19.8 Å². The second-order valence-corrected chi connectivity index (χ2v) is 4.01. The summed E-state index contributed by atoms with van der Waals surface area (Å²) in [6.45, 7) is 3.59. The van der Waals surface area contributed by atoms with E-state index < -0.39 is 0 Å². The van der Waals surface area contributed by atoms with Crippen LogP contribution in [0.4, 0.5) is 0 Å². The summed E-state index contributed by atoms with van der Waals surface area (Å²) in [6, 6.07) is 5.86. The molecular formula is C13H16O3. The largest absolute Gasteiger partial charge is 0.460 e. The third-order valence-corrected chi connectivity index (χ3v) is 2.68. The van der Waals surface area contributed by atoms with Crippen LogP contribution in [0.5, 0.6) is 0 Å². The maximum absolute atomic E-state index is 11.8. The number of aryl methyl sites for hydroxylation is 2. The molecule has 1 aliphatic rings. The summed E-state index contributed by atoms with van der Waals surface area (Å²) in [6.07, 6.45) is 1.82. The molecule has 0 aliphatic carbocycles. The van der Waals surface area contributed by atoms with E-state index in [0.29, 0.717) is 18.8 Å². The van der Waals surface area contributed by atoms with E-state index in [0.717, 1.165) is 25.0 Å². The SMILES string of the molecule is Cc1ccc2c(c1)CCCOCCOC2=O. The Kier molecular flexibility index (Phi) is 3.57. The number of hydrogen-bond donors (Lipinski definition) is 0. The molecule has 1 aromatic carbocycles. The molecule has 0 unspecified atom stereocenters. The van der Waals surface area contributed by atoms with Gasteiger partial charge in [-0.1, -0.05) is 17.7 Å². The Morgan fingerprint density at radius 1 is 1.19 bits per heavy atom. The van der Waals surface area contributed by atoms with Crippen LogP contribution in [0.2, 0.25) is 0 Å². The van der Waals surface area contributed by atoms with Crippen molar-refractivity contribution in [3.63, 3.8) is 0 Å². The quantitative estimate of drug-likeness (QED) is 0.628. The van der Waals surface area contributed by atoms with Gasteiger partial charge in [-0.05, 0) is 31.4 Å². The van der Waals surface area contributed by atoms with Gasteiger partial charge in [0.15, 0.2) is 0 Å². The molecular weight excluding hydrogens is 204 g/mol. The van der Waals surface area contributed by atoms with Crippen LogP contribution in [0.15, 0.2) is 18.2 Å². The number of esters is 1. The van der Waals surface area contributed by atoms with E-state index in [1.807, 2.05) is 19.1 Å². The van der Waals surface area contributed by atoms with Gasteiger partial charge in [0.25, 0.3) is 0 Å². The van der Waals surface area contributed by atoms with Crippen molar-refractivity contribution in [1.29, 1.82) is 0 Å². The van der Waals surface area contributed by atoms with Crippen LogP contribution < -0.4 is 0 Å². The fourth-order valence-electron chi connectivity index (χ4n) is 1.87. The number of fused-ring (bicyclic) bond motifs is 1. The van der Waals surface area contributed by atoms with Crippen LogP contribution in [-0.2, 0) is 15.9 Å². The first-order valence-electron chi connectivity index (χ1n) is 5.62. The normalized spacial score (nSPS) is 17.4. The molecule has 16 heavy (non-hydrogen) atoms. The van der Waals surface area contributed by atoms with Crippen molar-refractivity contribution in [3.05, 3.63) is 34.9 Å². The predicted molar refractivity (Wildman–Crippen MR) is 60.6 cm³/mol. The predicted octanol–water partition coefficient (Wildman–Crippen LogP) is 2.11. The lowest BCUT2D eigenvalue weighted by molar-refractivity contribution is 0.0301. The number of carbonyl (C=O) groups excluding carboxylic acids is 1. The first-order valence-corrected chi connectivity index (χ1v) is 5.62. The number of rotatable bonds is 0. The molecule has 0 amide bonds. The molecule has 0 atom stereocenters. The van der Waals surface area contributed by atoms with E-state index in [9.17, 15) is 4.79 Å². The van der Waals surface area contributed by atoms with Gasteiger partial charge in [-0.15, -0.1) is 0 Å². The Hall–Kier alpha value is -1.35. The number of carbonyl (C=O) groups is 1. The maximum Gasteiger partial charge on any atom is 0.338 e. The number of ether oxygens (including phenoxy) is 2. The minimum absolute atomic E-state index is 0.236. The molecule has 0 saturated carbocycles. The standard InChI is InChI=1S/C13H16O3/c1-10-4-5-12-11(9-10)3-2-6-15-7-8-16-13(12)14/h4-5,9H,2-3,6-8H2,1H3. The molecule has 0 fully saturated rings. The van der Waals surface area contributed by atoms with Crippen molar-refractivity contribution in [1.82, 2.24) is 0 Å². The highest BCUT2D eigenvalue weighted by atomic mass is 16.6. The Morgan fingerprint density at radius 3 is 2.94 bits per heavy atom. The molecule has 3 heteroatoms. The molecule has 1 aliphatic heterocycles. The third kappa shape index (κ3) is 2.61. The van der Waals surface area contributed by atoms with Crippen LogP contribution in [0.3, 0.4) is 0 Å². The molecule has 0 bridgehead atoms. The van der Waals surface area contributed by atoms with Gasteiger partial charge in [0, 0.05) is 6.61 Å². The second kappa shape index (κ2) is 5.12. The van der Waals surface area contributed by atoms with Gasteiger partial charge in [0.05, 0.1) is 12.2 Å². The fraction of sp³-hybridized carbons (Fsp3) is 0.462. The summed E-state index contributed by atoms with van der Waals surface area (Å²) < 4.78 is 10.4. The highest BCUT2D eigenvalue weighted by Gasteiger charge is 2.13. The lowest BCUT2D eigenvalue weighted by Gasteiger charge is -2.13. The van der Waals surface area contributed by atoms with Crippen molar-refractivity contribution < 1.29 is 14.3 Å². The van der Waals surface area contributed by atoms with Crippen LogP contribution >= 0.6 is 0 Å². The van der Waals surface area contributed by atoms with Crippen LogP contribution in [-0.4, -0.2) is 25.8 Å². The molecule has 1 aromatic rings. The maximum atomic E-state index is 11.8. The Bertz CT molecular complexity index is 385. The van der Waals surface area contributed by atoms with Crippen molar-refractivity contribution in [2.24, 2.45) is 0 Å². The molecule has 0 spiro atoms. The van der Waals surface area contributed by atoms with Gasteiger partial charge in [-0.2, -0.15) is 0 Å². The summed E-state index contributed by atoms with van der Waals surface area (Å²) in [5.74, 6) is -0.236. The summed E-state index contributed by atoms with van der Waals surface area (Å²) >= 11 is 0. The van der Waals surface area contributed by atoms with Crippen molar-refractivity contribution in [2.75, 3.05) is 19.8 Å². The Morgan fingerprint density at radius 2 is 2.06 bits per heavy atom. The zero-order valence-corrected chi connectivity index (χ0v) is 9.49. The zero-order chi connectivity index (χ0) is 11.4. The third-order valence-electron chi connectivity index (χ3n) is 2.68. The number of hydrogen-bond acceptors (Lipinski definition) is 3. The van der Waals surface area contributed by atoms with Gasteiger partial charge >= 0.3 is 5.97 Å². The molecule has 0 saturated heterocycles. The molecule has 2 rings (SSSR count). The number of cyclic esters (lactones) is 1. The first kappa shape index (κ1) is 11.1. The van der Waals surface area contributed by atoms with E-state index >= 15 is 0 Å². The van der Waals surface area contributed by atoms with Crippen LogP contribution in [0.1, 0.15) is 27.9 Å². The van der Waals surface area contributed by atoms with Gasteiger partial charge in [-0.3, -0.25) is 0 Å². The summed E-state index contributed by atoms with van der Waals surface area (Å²) in [4.78, 5) is 11.8. The summed E-state index contributed by atoms with van der Waals surface area (Å²) in [5, 5.41) is 0. The topological polar surface area (TPSA) is 35.5 Å². The minimum Gasteiger partial charge on any atom is -0.460 e. The lowest BCUT2D eigenvalue weighted by atomic mass is 10.0. The first-order chi connectivity index (χ1) is 7.77. The van der Waals surface area contributed by atoms with E-state index in [-0.39, 0.29) is 5.97 Å². The van der Waals surface area contributed by atoms with E-state index in [1.54, 1.807) is 0 Å². The fourth-order valence-corrected chi connectivity index (χ4v) is 1.87. The Labute approximate surface area is 95.4 Å². The molecule has 0 radical (unpaired) electrons. The average molecular weight is 220 g/mol. The van der Waals surface area contributed by atoms with Crippen molar-refractivity contribution in [3.8, 4) is 0 Å². The monoisotopic (exact) mass is 220 g/mol. The molecule has 0 N–H and O–H groups in total. The smallest absolute Gasteiger partial charge is 0.338 e. The van der Waals surface area contributed by atoms with Crippen LogP contribution in [0.25, 0.3) is 0 Å². The van der Waals surface area contributed by atoms with Gasteiger partial charge in [-0.25, -0.2) is 4.79 Å². The van der Waals surface area contributed by atoms with E-state index in [4.69, 9.17) is 9.47 Å². The van der Waals surface area contributed by atoms with Gasteiger partial charge in [0.1, 0.15) is 6.61 Å². The number of benzene rings is 1. The summed E-state index contributed by atoms with van der Waals surface area (Å²) in [5.41, 5.74) is 2.94. The van der Waals surface area contributed by atoms with Crippen LogP contribution in [0, 0.1) is 6.92 Å². The zero-order valence-electron chi connectivity index (χ0n) is 9.49. The minimum atomic E-state index is -0.236. The van der Waals surface area contributed by atoms with Gasteiger partial charge < -0.3 is 9.47 Å². The summed E-state index contributed by atoms with van der Waals surface area (Å²) in [7, 11) is 0. The van der Waals surface area contributed by atoms with Gasteiger partial charge in [0.2, 0.25) is 0 Å². The average Bonchev–Trinajstić information content (AvgIpc) is 2.27. The highest BCUT2D eigenvalue weighted by molar-refractivity contribution is 5.91. The lowest BCUT2D eigenvalue weighted by Crippen LogP contribution is -2.15. The second-order valence-electron chi connectivity index (χ2n) is 4.01. The molecule has 1 heterocycles. The van der Waals surface area contributed by atoms with E-state index in [1.165, 1.54) is 5.56 Å². The van der Waals surface area contributed by atoms with E-state index in [2.05, 4.69) is 6.07 Å². The highest BCUT2D eigenvalue weighted by Crippen LogP contribution is 2.16. The molecule has 86 valence electrons. The molecule has 0 aromatic heterocycles. The molecule has 3 nitrogen and oxygen atoms in total.